The normalized spacial score (nSPS) is 14.2. The van der Waals surface area contributed by atoms with E-state index in [1.807, 2.05) is 6.92 Å². The van der Waals surface area contributed by atoms with Gasteiger partial charge in [-0.2, -0.15) is 0 Å². The van der Waals surface area contributed by atoms with E-state index < -0.39 is 18.0 Å². The standard InChI is InChI=1S/C13H16BrClO3/c1-2-3-4-9(13(17)18)12(16)8-5-6-10(14)11(15)7-8/h5-7,9,12,16H,2-4H2,1H3,(H,17,18). The first-order valence-electron chi connectivity index (χ1n) is 5.83. The number of carboxylic acids is 1. The van der Waals surface area contributed by atoms with Crippen LogP contribution in [0.3, 0.4) is 0 Å². The third kappa shape index (κ3) is 3.97. The van der Waals surface area contributed by atoms with Crippen LogP contribution in [0.1, 0.15) is 37.9 Å². The Morgan fingerprint density at radius 3 is 2.67 bits per heavy atom. The zero-order valence-electron chi connectivity index (χ0n) is 10.1. The minimum atomic E-state index is -1.03. The highest BCUT2D eigenvalue weighted by Gasteiger charge is 2.27. The number of halogens is 2. The zero-order chi connectivity index (χ0) is 13.7. The fourth-order valence-electron chi connectivity index (χ4n) is 1.77. The first kappa shape index (κ1) is 15.5. The number of aliphatic carboxylic acids is 1. The molecule has 0 aliphatic carbocycles. The molecule has 0 saturated carbocycles. The van der Waals surface area contributed by atoms with Crippen LogP contribution in [-0.2, 0) is 4.79 Å². The van der Waals surface area contributed by atoms with Crippen LogP contribution in [0.25, 0.3) is 0 Å². The molecule has 100 valence electrons. The summed E-state index contributed by atoms with van der Waals surface area (Å²) in [5.41, 5.74) is 0.534. The lowest BCUT2D eigenvalue weighted by atomic mass is 9.91. The third-order valence-electron chi connectivity index (χ3n) is 2.85. The van der Waals surface area contributed by atoms with Gasteiger partial charge in [0.1, 0.15) is 0 Å². The average Bonchev–Trinajstić information content (AvgIpc) is 2.32. The van der Waals surface area contributed by atoms with Gasteiger partial charge in [0.15, 0.2) is 0 Å². The molecule has 0 heterocycles. The van der Waals surface area contributed by atoms with Crippen molar-refractivity contribution in [1.29, 1.82) is 0 Å². The second kappa shape index (κ2) is 7.12. The number of carbonyl (C=O) groups is 1. The Balaban J connectivity index is 2.90. The van der Waals surface area contributed by atoms with E-state index in [4.69, 9.17) is 16.7 Å². The predicted molar refractivity (Wildman–Crippen MR) is 74.8 cm³/mol. The number of rotatable bonds is 6. The third-order valence-corrected chi connectivity index (χ3v) is 4.08. The van der Waals surface area contributed by atoms with Gasteiger partial charge in [-0.3, -0.25) is 4.79 Å². The quantitative estimate of drug-likeness (QED) is 0.825. The minimum Gasteiger partial charge on any atom is -0.481 e. The fourth-order valence-corrected chi connectivity index (χ4v) is 2.20. The Morgan fingerprint density at radius 2 is 2.17 bits per heavy atom. The maximum atomic E-state index is 11.2. The van der Waals surface area contributed by atoms with Gasteiger partial charge in [-0.1, -0.05) is 37.4 Å². The van der Waals surface area contributed by atoms with Gasteiger partial charge >= 0.3 is 5.97 Å². The number of carboxylic acid groups (broad SMARTS) is 1. The molecule has 0 fully saturated rings. The predicted octanol–water partition coefficient (Wildman–Crippen LogP) is 4.03. The van der Waals surface area contributed by atoms with Gasteiger partial charge in [-0.15, -0.1) is 0 Å². The molecular weight excluding hydrogens is 319 g/mol. The zero-order valence-corrected chi connectivity index (χ0v) is 12.4. The molecule has 2 unspecified atom stereocenters. The molecule has 2 N–H and O–H groups in total. The molecule has 3 nitrogen and oxygen atoms in total. The summed E-state index contributed by atoms with van der Waals surface area (Å²) in [5.74, 6) is -1.77. The van der Waals surface area contributed by atoms with Crippen molar-refractivity contribution in [3.8, 4) is 0 Å². The van der Waals surface area contributed by atoms with E-state index in [0.29, 0.717) is 17.0 Å². The van der Waals surface area contributed by atoms with Crippen LogP contribution < -0.4 is 0 Å². The molecule has 5 heteroatoms. The molecule has 1 rings (SSSR count). The van der Waals surface area contributed by atoms with Gasteiger partial charge in [0.25, 0.3) is 0 Å². The van der Waals surface area contributed by atoms with Crippen LogP contribution in [0.15, 0.2) is 22.7 Å². The van der Waals surface area contributed by atoms with Crippen LogP contribution in [-0.4, -0.2) is 16.2 Å². The summed E-state index contributed by atoms with van der Waals surface area (Å²) in [6.07, 6.45) is 1.11. The lowest BCUT2D eigenvalue weighted by molar-refractivity contribution is -0.146. The maximum Gasteiger partial charge on any atom is 0.309 e. The van der Waals surface area contributed by atoms with Gasteiger partial charge in [-0.05, 0) is 40.0 Å². The van der Waals surface area contributed by atoms with E-state index >= 15 is 0 Å². The number of unbranched alkanes of at least 4 members (excludes halogenated alkanes) is 1. The first-order valence-corrected chi connectivity index (χ1v) is 7.00. The van der Waals surface area contributed by atoms with Crippen LogP contribution in [0, 0.1) is 5.92 Å². The highest BCUT2D eigenvalue weighted by Crippen LogP contribution is 2.31. The Labute approximate surface area is 120 Å². The molecule has 18 heavy (non-hydrogen) atoms. The summed E-state index contributed by atoms with van der Waals surface area (Å²) in [6, 6.07) is 4.99. The smallest absolute Gasteiger partial charge is 0.309 e. The SMILES string of the molecule is CCCCC(C(=O)O)C(O)c1ccc(Br)c(Cl)c1. The van der Waals surface area contributed by atoms with Crippen molar-refractivity contribution in [3.05, 3.63) is 33.3 Å². The van der Waals surface area contributed by atoms with E-state index in [2.05, 4.69) is 15.9 Å². The van der Waals surface area contributed by atoms with Crippen molar-refractivity contribution in [3.63, 3.8) is 0 Å². The molecular formula is C13H16BrClO3. The van der Waals surface area contributed by atoms with Crippen molar-refractivity contribution in [2.45, 2.75) is 32.3 Å². The van der Waals surface area contributed by atoms with E-state index in [0.717, 1.165) is 17.3 Å². The van der Waals surface area contributed by atoms with Crippen LogP contribution in [0.5, 0.6) is 0 Å². The topological polar surface area (TPSA) is 57.5 Å². The highest BCUT2D eigenvalue weighted by atomic mass is 79.9. The second-order valence-corrected chi connectivity index (χ2v) is 5.47. The summed E-state index contributed by atoms with van der Waals surface area (Å²) in [6.45, 7) is 1.99. The van der Waals surface area contributed by atoms with Gasteiger partial charge in [0.2, 0.25) is 0 Å². The molecule has 0 amide bonds. The van der Waals surface area contributed by atoms with Gasteiger partial charge < -0.3 is 10.2 Å². The van der Waals surface area contributed by atoms with Gasteiger partial charge in [0.05, 0.1) is 17.0 Å². The Kier molecular flexibility index (Phi) is 6.12. The minimum absolute atomic E-state index is 0.459. The van der Waals surface area contributed by atoms with Crippen molar-refractivity contribution >= 4 is 33.5 Å². The van der Waals surface area contributed by atoms with Crippen molar-refractivity contribution in [1.82, 2.24) is 0 Å². The Morgan fingerprint density at radius 1 is 1.50 bits per heavy atom. The number of aliphatic hydroxyl groups is 1. The molecule has 0 saturated heterocycles. The average molecular weight is 336 g/mol. The number of benzene rings is 1. The maximum absolute atomic E-state index is 11.2. The summed E-state index contributed by atoms with van der Waals surface area (Å²) in [7, 11) is 0. The van der Waals surface area contributed by atoms with Crippen molar-refractivity contribution in [2.75, 3.05) is 0 Å². The number of hydrogen-bond donors (Lipinski definition) is 2. The van der Waals surface area contributed by atoms with Gasteiger partial charge in [-0.25, -0.2) is 0 Å². The molecule has 1 aromatic carbocycles. The lowest BCUT2D eigenvalue weighted by Gasteiger charge is -2.19. The monoisotopic (exact) mass is 334 g/mol. The van der Waals surface area contributed by atoms with Crippen LogP contribution >= 0.6 is 27.5 Å². The molecule has 0 aliphatic heterocycles. The molecule has 0 aliphatic rings. The molecule has 0 bridgehead atoms. The molecule has 0 spiro atoms. The van der Waals surface area contributed by atoms with Crippen LogP contribution in [0.2, 0.25) is 5.02 Å². The first-order chi connectivity index (χ1) is 8.47. The molecule has 1 aromatic rings. The van der Waals surface area contributed by atoms with E-state index in [9.17, 15) is 9.90 Å². The number of aliphatic hydroxyl groups excluding tert-OH is 1. The van der Waals surface area contributed by atoms with Crippen molar-refractivity contribution in [2.24, 2.45) is 5.92 Å². The highest BCUT2D eigenvalue weighted by molar-refractivity contribution is 9.10. The van der Waals surface area contributed by atoms with Crippen LogP contribution in [0.4, 0.5) is 0 Å². The largest absolute Gasteiger partial charge is 0.481 e. The molecule has 2 atom stereocenters. The van der Waals surface area contributed by atoms with Gasteiger partial charge in [0, 0.05) is 4.47 Å². The fraction of sp³-hybridized carbons (Fsp3) is 0.462. The summed E-state index contributed by atoms with van der Waals surface area (Å²) in [4.78, 5) is 11.2. The van der Waals surface area contributed by atoms with E-state index in [-0.39, 0.29) is 0 Å². The molecule has 0 aromatic heterocycles. The van der Waals surface area contributed by atoms with E-state index in [1.165, 1.54) is 0 Å². The number of hydrogen-bond acceptors (Lipinski definition) is 2. The Bertz CT molecular complexity index is 423. The lowest BCUT2D eigenvalue weighted by Crippen LogP contribution is -2.22. The van der Waals surface area contributed by atoms with Crippen molar-refractivity contribution < 1.29 is 15.0 Å². The summed E-state index contributed by atoms with van der Waals surface area (Å²) >= 11 is 9.20. The second-order valence-electron chi connectivity index (χ2n) is 4.21. The van der Waals surface area contributed by atoms with E-state index in [1.54, 1.807) is 18.2 Å². The summed E-state index contributed by atoms with van der Waals surface area (Å²) < 4.78 is 0.723. The summed E-state index contributed by atoms with van der Waals surface area (Å²) in [5, 5.41) is 19.8. The molecule has 0 radical (unpaired) electrons. The Hall–Kier alpha value is -0.580.